The summed E-state index contributed by atoms with van der Waals surface area (Å²) in [4.78, 5) is 14.1. The molecule has 0 saturated carbocycles. The van der Waals surface area contributed by atoms with Crippen molar-refractivity contribution in [1.29, 1.82) is 0 Å². The number of carbonyl (C=O) groups is 1. The normalized spacial score (nSPS) is 16.4. The largest absolute Gasteiger partial charge is 0.507 e. The van der Waals surface area contributed by atoms with Crippen molar-refractivity contribution in [3.63, 3.8) is 0 Å². The lowest BCUT2D eigenvalue weighted by atomic mass is 10.1. The number of aromatic hydroxyl groups is 1. The summed E-state index contributed by atoms with van der Waals surface area (Å²) < 4.78 is 6.42. The van der Waals surface area contributed by atoms with Gasteiger partial charge in [-0.05, 0) is 31.0 Å². The van der Waals surface area contributed by atoms with E-state index in [0.29, 0.717) is 25.3 Å². The van der Waals surface area contributed by atoms with Crippen LogP contribution in [0.15, 0.2) is 22.7 Å². The first-order chi connectivity index (χ1) is 9.61. The Balaban J connectivity index is 1.94. The average molecular weight is 407 g/mol. The summed E-state index contributed by atoms with van der Waals surface area (Å²) in [7, 11) is 0. The highest BCUT2D eigenvalue weighted by Gasteiger charge is 2.25. The van der Waals surface area contributed by atoms with Gasteiger partial charge in [-0.2, -0.15) is 0 Å². The molecule has 1 aliphatic rings. The molecular formula is C14H17Br2NO3. The SMILES string of the molecule is O=C(c1ccc(Br)cc1O)N1CCC(OCCBr)CC1. The zero-order valence-corrected chi connectivity index (χ0v) is 14.2. The van der Waals surface area contributed by atoms with Gasteiger partial charge in [0.1, 0.15) is 5.75 Å². The molecule has 0 aliphatic carbocycles. The fraction of sp³-hybridized carbons (Fsp3) is 0.500. The Morgan fingerprint density at radius 1 is 1.40 bits per heavy atom. The first-order valence-electron chi connectivity index (χ1n) is 6.57. The van der Waals surface area contributed by atoms with Gasteiger partial charge in [0.05, 0.1) is 18.3 Å². The molecule has 0 radical (unpaired) electrons. The maximum Gasteiger partial charge on any atom is 0.257 e. The second-order valence-corrected chi connectivity index (χ2v) is 6.42. The molecule has 1 aromatic carbocycles. The number of benzene rings is 1. The minimum Gasteiger partial charge on any atom is -0.507 e. The van der Waals surface area contributed by atoms with Crippen molar-refractivity contribution in [3.8, 4) is 5.75 Å². The molecule has 6 heteroatoms. The first-order valence-corrected chi connectivity index (χ1v) is 8.48. The molecule has 110 valence electrons. The number of phenolic OH excluding ortho intramolecular Hbond substituents is 1. The maximum absolute atomic E-state index is 12.4. The van der Waals surface area contributed by atoms with Gasteiger partial charge in [-0.3, -0.25) is 4.79 Å². The zero-order chi connectivity index (χ0) is 14.5. The van der Waals surface area contributed by atoms with Crippen LogP contribution in [0.4, 0.5) is 0 Å². The number of halogens is 2. The second-order valence-electron chi connectivity index (χ2n) is 4.71. The fourth-order valence-electron chi connectivity index (χ4n) is 2.29. The van der Waals surface area contributed by atoms with E-state index < -0.39 is 0 Å². The third-order valence-electron chi connectivity index (χ3n) is 3.35. The van der Waals surface area contributed by atoms with Gasteiger partial charge < -0.3 is 14.7 Å². The molecule has 0 bridgehead atoms. The molecule has 1 N–H and O–H groups in total. The number of nitrogens with zero attached hydrogens (tertiary/aromatic N) is 1. The number of amides is 1. The van der Waals surface area contributed by atoms with E-state index in [9.17, 15) is 9.90 Å². The number of ether oxygens (including phenoxy) is 1. The van der Waals surface area contributed by atoms with Crippen molar-refractivity contribution in [1.82, 2.24) is 4.90 Å². The third-order valence-corrected chi connectivity index (χ3v) is 4.17. The van der Waals surface area contributed by atoms with E-state index in [1.54, 1.807) is 23.1 Å². The highest BCUT2D eigenvalue weighted by atomic mass is 79.9. The Labute approximate surface area is 135 Å². The highest BCUT2D eigenvalue weighted by molar-refractivity contribution is 9.10. The molecule has 0 atom stereocenters. The first kappa shape index (κ1) is 15.8. The summed E-state index contributed by atoms with van der Waals surface area (Å²) in [5.74, 6) is -0.101. The Morgan fingerprint density at radius 2 is 2.10 bits per heavy atom. The number of phenols is 1. The Hall–Kier alpha value is -0.590. The van der Waals surface area contributed by atoms with E-state index in [1.807, 2.05) is 0 Å². The quantitative estimate of drug-likeness (QED) is 0.781. The van der Waals surface area contributed by atoms with Gasteiger partial charge in [0.15, 0.2) is 0 Å². The predicted molar refractivity (Wildman–Crippen MR) is 84.5 cm³/mol. The predicted octanol–water partition coefficient (Wildman–Crippen LogP) is 3.17. The lowest BCUT2D eigenvalue weighted by Crippen LogP contribution is -2.41. The van der Waals surface area contributed by atoms with Gasteiger partial charge in [-0.15, -0.1) is 0 Å². The summed E-state index contributed by atoms with van der Waals surface area (Å²) in [6, 6.07) is 4.95. The van der Waals surface area contributed by atoms with Gasteiger partial charge >= 0.3 is 0 Å². The molecule has 1 aliphatic heterocycles. The van der Waals surface area contributed by atoms with Gasteiger partial charge in [-0.25, -0.2) is 0 Å². The average Bonchev–Trinajstić information content (AvgIpc) is 2.45. The molecule has 1 aromatic rings. The van der Waals surface area contributed by atoms with Gasteiger partial charge in [0, 0.05) is 22.9 Å². The summed E-state index contributed by atoms with van der Waals surface area (Å²) in [5.41, 5.74) is 0.355. The van der Waals surface area contributed by atoms with Crippen molar-refractivity contribution in [3.05, 3.63) is 28.2 Å². The van der Waals surface area contributed by atoms with E-state index in [2.05, 4.69) is 31.9 Å². The van der Waals surface area contributed by atoms with Crippen LogP contribution in [0.3, 0.4) is 0 Å². The van der Waals surface area contributed by atoms with Crippen molar-refractivity contribution in [2.75, 3.05) is 25.0 Å². The molecule has 1 amide bonds. The molecule has 20 heavy (non-hydrogen) atoms. The minimum atomic E-state index is -0.117. The molecule has 0 aromatic heterocycles. The number of rotatable bonds is 4. The summed E-state index contributed by atoms with van der Waals surface area (Å²) in [5, 5.41) is 10.7. The molecule has 1 heterocycles. The molecule has 4 nitrogen and oxygen atoms in total. The highest BCUT2D eigenvalue weighted by Crippen LogP contribution is 2.25. The minimum absolute atomic E-state index is 0.0158. The van der Waals surface area contributed by atoms with Crippen molar-refractivity contribution < 1.29 is 14.6 Å². The van der Waals surface area contributed by atoms with Crippen molar-refractivity contribution in [2.24, 2.45) is 0 Å². The molecule has 1 fully saturated rings. The van der Waals surface area contributed by atoms with E-state index >= 15 is 0 Å². The zero-order valence-electron chi connectivity index (χ0n) is 11.0. The maximum atomic E-state index is 12.4. The van der Waals surface area contributed by atoms with E-state index in [4.69, 9.17) is 4.74 Å². The standard InChI is InChI=1S/C14H17Br2NO3/c15-5-8-20-11-3-6-17(7-4-11)14(19)12-2-1-10(16)9-13(12)18/h1-2,9,11,18H,3-8H2. The summed E-state index contributed by atoms with van der Waals surface area (Å²) in [6.07, 6.45) is 1.92. The lowest BCUT2D eigenvalue weighted by Gasteiger charge is -2.32. The lowest BCUT2D eigenvalue weighted by molar-refractivity contribution is 0.0159. The van der Waals surface area contributed by atoms with Crippen LogP contribution in [0.25, 0.3) is 0 Å². The molecular weight excluding hydrogens is 390 g/mol. The van der Waals surface area contributed by atoms with Crippen LogP contribution >= 0.6 is 31.9 Å². The van der Waals surface area contributed by atoms with Gasteiger partial charge in [-0.1, -0.05) is 31.9 Å². The van der Waals surface area contributed by atoms with Crippen LogP contribution < -0.4 is 0 Å². The number of piperidine rings is 1. The summed E-state index contributed by atoms with van der Waals surface area (Å²) in [6.45, 7) is 2.04. The monoisotopic (exact) mass is 405 g/mol. The number of hydrogen-bond donors (Lipinski definition) is 1. The smallest absolute Gasteiger partial charge is 0.257 e. The van der Waals surface area contributed by atoms with Gasteiger partial charge in [0.2, 0.25) is 0 Å². The van der Waals surface area contributed by atoms with E-state index in [1.165, 1.54) is 0 Å². The second kappa shape index (κ2) is 7.43. The topological polar surface area (TPSA) is 49.8 Å². The Morgan fingerprint density at radius 3 is 2.70 bits per heavy atom. The third kappa shape index (κ3) is 3.96. The van der Waals surface area contributed by atoms with Crippen LogP contribution in [-0.4, -0.2) is 47.0 Å². The molecule has 1 saturated heterocycles. The number of likely N-dealkylation sites (tertiary alicyclic amines) is 1. The van der Waals surface area contributed by atoms with Crippen LogP contribution in [0, 0.1) is 0 Å². The van der Waals surface area contributed by atoms with E-state index in [0.717, 1.165) is 22.6 Å². The molecule has 2 rings (SSSR count). The molecule has 0 spiro atoms. The summed E-state index contributed by atoms with van der Waals surface area (Å²) >= 11 is 6.60. The Kier molecular flexibility index (Phi) is 5.86. The molecule has 0 unspecified atom stereocenters. The fourth-order valence-corrected chi connectivity index (χ4v) is 2.83. The number of hydrogen-bond acceptors (Lipinski definition) is 3. The van der Waals surface area contributed by atoms with Crippen LogP contribution in [0.2, 0.25) is 0 Å². The van der Waals surface area contributed by atoms with Crippen LogP contribution in [0.5, 0.6) is 5.75 Å². The van der Waals surface area contributed by atoms with Crippen LogP contribution in [-0.2, 0) is 4.74 Å². The van der Waals surface area contributed by atoms with Crippen LogP contribution in [0.1, 0.15) is 23.2 Å². The number of alkyl halides is 1. The van der Waals surface area contributed by atoms with Crippen molar-refractivity contribution in [2.45, 2.75) is 18.9 Å². The Bertz CT molecular complexity index is 473. The van der Waals surface area contributed by atoms with E-state index in [-0.39, 0.29) is 17.8 Å². The number of carbonyl (C=O) groups excluding carboxylic acids is 1. The van der Waals surface area contributed by atoms with Crippen molar-refractivity contribution >= 4 is 37.8 Å². The van der Waals surface area contributed by atoms with Gasteiger partial charge in [0.25, 0.3) is 5.91 Å².